The van der Waals surface area contributed by atoms with Gasteiger partial charge in [0.15, 0.2) is 0 Å². The van der Waals surface area contributed by atoms with Gasteiger partial charge >= 0.3 is 0 Å². The van der Waals surface area contributed by atoms with Crippen molar-refractivity contribution in [1.82, 2.24) is 4.98 Å². The Morgan fingerprint density at radius 2 is 2.14 bits per heavy atom. The summed E-state index contributed by atoms with van der Waals surface area (Å²) in [6.07, 6.45) is -2.67. The quantitative estimate of drug-likeness (QED) is 0.600. The van der Waals surface area contributed by atoms with Gasteiger partial charge in [0.25, 0.3) is 11.7 Å². The van der Waals surface area contributed by atoms with Gasteiger partial charge in [-0.2, -0.15) is 0 Å². The van der Waals surface area contributed by atoms with Crippen molar-refractivity contribution in [2.45, 2.75) is 12.3 Å². The Balaban J connectivity index is 3.20. The molecule has 0 amide bonds. The number of aromatic nitrogens is 1. The van der Waals surface area contributed by atoms with Crippen molar-refractivity contribution < 1.29 is 13.6 Å². The summed E-state index contributed by atoms with van der Waals surface area (Å²) >= 11 is 10.5. The third-order valence-corrected chi connectivity index (χ3v) is 1.96. The molecule has 2 nitrogen and oxygen atoms in total. The Morgan fingerprint density at radius 3 is 2.57 bits per heavy atom. The molecule has 1 aromatic rings. The second-order valence-electron chi connectivity index (χ2n) is 2.49. The average molecular weight is 240 g/mol. The first-order valence-electron chi connectivity index (χ1n) is 3.59. The van der Waals surface area contributed by atoms with Gasteiger partial charge in [-0.25, -0.2) is 13.8 Å². The lowest BCUT2D eigenvalue weighted by Gasteiger charge is -2.03. The summed E-state index contributed by atoms with van der Waals surface area (Å²) in [6.45, 7) is 0. The standard InChI is InChI=1S/C8H5Cl2F2NO/c9-3-5-1-4(8(11)12)2-6(13-5)7(10)14/h1-2,8H,3H2. The molecule has 0 unspecified atom stereocenters. The van der Waals surface area contributed by atoms with Crippen LogP contribution in [0.5, 0.6) is 0 Å². The number of carbonyl (C=O) groups is 1. The van der Waals surface area contributed by atoms with E-state index in [9.17, 15) is 13.6 Å². The Morgan fingerprint density at radius 1 is 1.50 bits per heavy atom. The Bertz CT molecular complexity index is 357. The number of hydrogen-bond acceptors (Lipinski definition) is 2. The fraction of sp³-hybridized carbons (Fsp3) is 0.250. The molecule has 6 heteroatoms. The van der Waals surface area contributed by atoms with Crippen LogP contribution in [0.2, 0.25) is 0 Å². The highest BCUT2D eigenvalue weighted by atomic mass is 35.5. The topological polar surface area (TPSA) is 30.0 Å². The normalized spacial score (nSPS) is 10.6. The van der Waals surface area contributed by atoms with Crippen molar-refractivity contribution in [2.75, 3.05) is 0 Å². The molecule has 0 N–H and O–H groups in total. The van der Waals surface area contributed by atoms with Crippen molar-refractivity contribution in [3.8, 4) is 0 Å². The Hall–Kier alpha value is -0.740. The van der Waals surface area contributed by atoms with Crippen molar-refractivity contribution >= 4 is 28.4 Å². The fourth-order valence-corrected chi connectivity index (χ4v) is 1.14. The highest BCUT2D eigenvalue weighted by molar-refractivity contribution is 6.67. The molecular formula is C8H5Cl2F2NO. The molecule has 1 aromatic heterocycles. The summed E-state index contributed by atoms with van der Waals surface area (Å²) in [5.41, 5.74) is -0.312. The molecule has 0 radical (unpaired) electrons. The molecule has 0 aliphatic heterocycles. The molecule has 1 rings (SSSR count). The van der Waals surface area contributed by atoms with Gasteiger partial charge in [0, 0.05) is 5.56 Å². The lowest BCUT2D eigenvalue weighted by molar-refractivity contribution is 0.107. The summed E-state index contributed by atoms with van der Waals surface area (Å²) in [5.74, 6) is -0.0439. The first-order valence-corrected chi connectivity index (χ1v) is 4.50. The summed E-state index contributed by atoms with van der Waals surface area (Å²) in [6, 6.07) is 2.09. The molecule has 76 valence electrons. The van der Waals surface area contributed by atoms with Crippen LogP contribution in [0.25, 0.3) is 0 Å². The summed E-state index contributed by atoms with van der Waals surface area (Å²) < 4.78 is 24.6. The molecule has 0 fully saturated rings. The SMILES string of the molecule is O=C(Cl)c1cc(C(F)F)cc(CCl)n1. The van der Waals surface area contributed by atoms with Crippen LogP contribution in [0, 0.1) is 0 Å². The third-order valence-electron chi connectivity index (χ3n) is 1.49. The lowest BCUT2D eigenvalue weighted by Crippen LogP contribution is -2.00. The second kappa shape index (κ2) is 4.66. The van der Waals surface area contributed by atoms with Crippen molar-refractivity contribution in [2.24, 2.45) is 0 Å². The van der Waals surface area contributed by atoms with Gasteiger partial charge in [0.2, 0.25) is 0 Å². The number of hydrogen-bond donors (Lipinski definition) is 0. The van der Waals surface area contributed by atoms with Gasteiger partial charge < -0.3 is 0 Å². The third kappa shape index (κ3) is 2.62. The van der Waals surface area contributed by atoms with E-state index >= 15 is 0 Å². The van der Waals surface area contributed by atoms with E-state index in [1.54, 1.807) is 0 Å². The van der Waals surface area contributed by atoms with Crippen LogP contribution in [-0.2, 0) is 5.88 Å². The Labute approximate surface area is 88.8 Å². The van der Waals surface area contributed by atoms with Crippen molar-refractivity contribution in [3.05, 3.63) is 29.1 Å². The number of carbonyl (C=O) groups excluding carboxylic acids is 1. The smallest absolute Gasteiger partial charge is 0.270 e. The van der Waals surface area contributed by atoms with Crippen LogP contribution in [0.15, 0.2) is 12.1 Å². The average Bonchev–Trinajstić information content (AvgIpc) is 2.16. The van der Waals surface area contributed by atoms with E-state index in [4.69, 9.17) is 23.2 Å². The zero-order valence-electron chi connectivity index (χ0n) is 6.81. The number of halogens is 4. The van der Waals surface area contributed by atoms with Gasteiger partial charge in [0.1, 0.15) is 5.69 Å². The minimum Gasteiger partial charge on any atom is -0.274 e. The molecule has 0 atom stereocenters. The maximum Gasteiger partial charge on any atom is 0.270 e. The fourth-order valence-electron chi connectivity index (χ4n) is 0.906. The molecule has 14 heavy (non-hydrogen) atoms. The van der Waals surface area contributed by atoms with E-state index in [-0.39, 0.29) is 22.8 Å². The lowest BCUT2D eigenvalue weighted by atomic mass is 10.2. The summed E-state index contributed by atoms with van der Waals surface area (Å²) in [7, 11) is 0. The Kier molecular flexibility index (Phi) is 3.77. The van der Waals surface area contributed by atoms with E-state index in [1.807, 2.05) is 0 Å². The minimum atomic E-state index is -2.67. The first-order chi connectivity index (χ1) is 6.54. The largest absolute Gasteiger partial charge is 0.274 e. The highest BCUT2D eigenvalue weighted by Crippen LogP contribution is 2.21. The minimum absolute atomic E-state index is 0.0439. The van der Waals surface area contributed by atoms with E-state index in [2.05, 4.69) is 4.98 Å². The number of nitrogens with zero attached hydrogens (tertiary/aromatic N) is 1. The zero-order chi connectivity index (χ0) is 10.7. The van der Waals surface area contributed by atoms with Crippen LogP contribution < -0.4 is 0 Å². The maximum absolute atomic E-state index is 12.3. The van der Waals surface area contributed by atoms with Crippen LogP contribution in [0.1, 0.15) is 28.2 Å². The first kappa shape index (κ1) is 11.3. The molecule has 0 bridgehead atoms. The molecule has 0 aliphatic rings. The molecule has 1 heterocycles. The van der Waals surface area contributed by atoms with Crippen LogP contribution >= 0.6 is 23.2 Å². The highest BCUT2D eigenvalue weighted by Gasteiger charge is 2.13. The van der Waals surface area contributed by atoms with Crippen LogP contribution in [0.3, 0.4) is 0 Å². The van der Waals surface area contributed by atoms with Gasteiger partial charge in [-0.1, -0.05) is 0 Å². The predicted octanol–water partition coefficient (Wildman–Crippen LogP) is 3.14. The molecule has 0 aliphatic carbocycles. The number of rotatable bonds is 3. The van der Waals surface area contributed by atoms with Gasteiger partial charge in [-0.05, 0) is 23.7 Å². The van der Waals surface area contributed by atoms with Gasteiger partial charge in [-0.3, -0.25) is 4.79 Å². The monoisotopic (exact) mass is 239 g/mol. The number of pyridine rings is 1. The molecule has 0 spiro atoms. The summed E-state index contributed by atoms with van der Waals surface area (Å²) in [4.78, 5) is 14.4. The number of alkyl halides is 3. The molecule has 0 aromatic carbocycles. The van der Waals surface area contributed by atoms with E-state index in [0.29, 0.717) is 0 Å². The van der Waals surface area contributed by atoms with Crippen LogP contribution in [0.4, 0.5) is 8.78 Å². The molecule has 0 saturated carbocycles. The maximum atomic E-state index is 12.3. The van der Waals surface area contributed by atoms with Crippen molar-refractivity contribution in [3.63, 3.8) is 0 Å². The van der Waals surface area contributed by atoms with Crippen molar-refractivity contribution in [1.29, 1.82) is 0 Å². The molecule has 0 saturated heterocycles. The predicted molar refractivity (Wildman–Crippen MR) is 48.9 cm³/mol. The van der Waals surface area contributed by atoms with Gasteiger partial charge in [-0.15, -0.1) is 11.6 Å². The van der Waals surface area contributed by atoms with Crippen LogP contribution in [-0.4, -0.2) is 10.2 Å². The zero-order valence-corrected chi connectivity index (χ0v) is 8.32. The van der Waals surface area contributed by atoms with E-state index < -0.39 is 11.7 Å². The summed E-state index contributed by atoms with van der Waals surface area (Å²) in [5, 5.41) is -0.876. The van der Waals surface area contributed by atoms with E-state index in [1.165, 1.54) is 0 Å². The van der Waals surface area contributed by atoms with E-state index in [0.717, 1.165) is 12.1 Å². The van der Waals surface area contributed by atoms with Gasteiger partial charge in [0.05, 0.1) is 11.6 Å². The second-order valence-corrected chi connectivity index (χ2v) is 3.10. The molecular weight excluding hydrogens is 235 g/mol.